The molecule has 7 heteroatoms. The van der Waals surface area contributed by atoms with Crippen LogP contribution >= 0.6 is 0 Å². The van der Waals surface area contributed by atoms with Gasteiger partial charge in [0.25, 0.3) is 5.91 Å². The second kappa shape index (κ2) is 11.1. The van der Waals surface area contributed by atoms with Gasteiger partial charge in [0.1, 0.15) is 11.3 Å². The van der Waals surface area contributed by atoms with Crippen LogP contribution in [-0.4, -0.2) is 34.3 Å². The van der Waals surface area contributed by atoms with Crippen molar-refractivity contribution in [1.29, 1.82) is 0 Å². The molecule has 0 bridgehead atoms. The van der Waals surface area contributed by atoms with E-state index in [1.807, 2.05) is 66.9 Å². The molecule has 2 heterocycles. The van der Waals surface area contributed by atoms with Crippen LogP contribution in [-0.2, 0) is 14.3 Å². The van der Waals surface area contributed by atoms with E-state index < -0.39 is 5.97 Å². The largest absolute Gasteiger partial charge is 0.454 e. The van der Waals surface area contributed by atoms with Gasteiger partial charge in [-0.2, -0.15) is 5.10 Å². The second-order valence-electron chi connectivity index (χ2n) is 9.06. The molecule has 2 aromatic heterocycles. The molecule has 7 nitrogen and oxygen atoms in total. The Kier molecular flexibility index (Phi) is 7.26. The molecule has 1 N–H and O–H groups in total. The van der Waals surface area contributed by atoms with Crippen molar-refractivity contribution in [3.8, 4) is 17.1 Å². The van der Waals surface area contributed by atoms with Crippen molar-refractivity contribution < 1.29 is 18.7 Å². The van der Waals surface area contributed by atoms with Crippen LogP contribution in [0.15, 0.2) is 77.4 Å². The normalized spacial score (nSPS) is 14.7. The molecule has 1 amide bonds. The number of nitrogens with zero attached hydrogens (tertiary/aromatic N) is 2. The number of hydrogen-bond acceptors (Lipinski definition) is 5. The first-order chi connectivity index (χ1) is 17.7. The SMILES string of the molecule is O=C(COC(=O)C=Cc1cn(-c2ccccc2)nc1-c1cc2ccccc2o1)NC1CCCCCC1. The van der Waals surface area contributed by atoms with Crippen molar-refractivity contribution in [2.75, 3.05) is 6.61 Å². The van der Waals surface area contributed by atoms with E-state index in [0.29, 0.717) is 17.0 Å². The van der Waals surface area contributed by atoms with Gasteiger partial charge in [0.15, 0.2) is 12.4 Å². The van der Waals surface area contributed by atoms with E-state index in [1.165, 1.54) is 18.9 Å². The van der Waals surface area contributed by atoms with Crippen molar-refractivity contribution >= 4 is 28.9 Å². The monoisotopic (exact) mass is 483 g/mol. The van der Waals surface area contributed by atoms with E-state index in [9.17, 15) is 9.59 Å². The first-order valence-electron chi connectivity index (χ1n) is 12.4. The lowest BCUT2D eigenvalue weighted by Crippen LogP contribution is -2.37. The van der Waals surface area contributed by atoms with Gasteiger partial charge >= 0.3 is 5.97 Å². The first kappa shape index (κ1) is 23.6. The molecule has 1 aliphatic carbocycles. The average Bonchev–Trinajstić information content (AvgIpc) is 3.44. The fourth-order valence-electron chi connectivity index (χ4n) is 4.55. The van der Waals surface area contributed by atoms with Gasteiger partial charge in [-0.05, 0) is 43.2 Å². The second-order valence-corrected chi connectivity index (χ2v) is 9.06. The van der Waals surface area contributed by atoms with Crippen LogP contribution < -0.4 is 5.32 Å². The fraction of sp³-hybridized carbons (Fsp3) is 0.276. The third-order valence-electron chi connectivity index (χ3n) is 6.39. The minimum absolute atomic E-state index is 0.171. The highest BCUT2D eigenvalue weighted by atomic mass is 16.5. The summed E-state index contributed by atoms with van der Waals surface area (Å²) < 4.78 is 13.0. The summed E-state index contributed by atoms with van der Waals surface area (Å²) in [5.74, 6) is -0.251. The van der Waals surface area contributed by atoms with Crippen LogP contribution in [0, 0.1) is 0 Å². The van der Waals surface area contributed by atoms with Crippen molar-refractivity contribution in [3.63, 3.8) is 0 Å². The van der Waals surface area contributed by atoms with E-state index in [0.717, 1.165) is 42.3 Å². The van der Waals surface area contributed by atoms with Gasteiger partial charge in [0.05, 0.1) is 5.69 Å². The zero-order valence-corrected chi connectivity index (χ0v) is 20.1. The van der Waals surface area contributed by atoms with Crippen LogP contribution in [0.25, 0.3) is 34.2 Å². The maximum atomic E-state index is 12.4. The maximum absolute atomic E-state index is 12.4. The number of para-hydroxylation sites is 2. The number of ether oxygens (including phenoxy) is 1. The molecule has 1 aliphatic rings. The third kappa shape index (κ3) is 5.74. The molecule has 0 saturated heterocycles. The van der Waals surface area contributed by atoms with Crippen molar-refractivity contribution in [3.05, 3.63) is 78.5 Å². The molecule has 0 spiro atoms. The van der Waals surface area contributed by atoms with Gasteiger partial charge < -0.3 is 14.5 Å². The van der Waals surface area contributed by atoms with Gasteiger partial charge in [-0.3, -0.25) is 4.79 Å². The zero-order chi connectivity index (χ0) is 24.7. The van der Waals surface area contributed by atoms with E-state index in [2.05, 4.69) is 5.32 Å². The average molecular weight is 484 g/mol. The molecule has 184 valence electrons. The zero-order valence-electron chi connectivity index (χ0n) is 20.1. The lowest BCUT2D eigenvalue weighted by atomic mass is 10.1. The van der Waals surface area contributed by atoms with Gasteiger partial charge in [-0.15, -0.1) is 0 Å². The number of carbonyl (C=O) groups is 2. The van der Waals surface area contributed by atoms with Gasteiger partial charge in [-0.1, -0.05) is 62.1 Å². The summed E-state index contributed by atoms with van der Waals surface area (Å²) in [5.41, 5.74) is 2.94. The summed E-state index contributed by atoms with van der Waals surface area (Å²) in [7, 11) is 0. The number of hydrogen-bond donors (Lipinski definition) is 1. The predicted octanol–water partition coefficient (Wildman–Crippen LogP) is 5.68. The van der Waals surface area contributed by atoms with E-state index in [4.69, 9.17) is 14.3 Å². The van der Waals surface area contributed by atoms with Gasteiger partial charge in [0, 0.05) is 29.3 Å². The van der Waals surface area contributed by atoms with Crippen molar-refractivity contribution in [1.82, 2.24) is 15.1 Å². The molecule has 2 aromatic carbocycles. The smallest absolute Gasteiger partial charge is 0.331 e. The number of carbonyl (C=O) groups excluding carboxylic acids is 2. The highest BCUT2D eigenvalue weighted by molar-refractivity contribution is 5.91. The van der Waals surface area contributed by atoms with E-state index >= 15 is 0 Å². The number of furan rings is 1. The van der Waals surface area contributed by atoms with Gasteiger partial charge in [0.2, 0.25) is 0 Å². The molecular weight excluding hydrogens is 454 g/mol. The maximum Gasteiger partial charge on any atom is 0.331 e. The highest BCUT2D eigenvalue weighted by Gasteiger charge is 2.17. The number of amides is 1. The van der Waals surface area contributed by atoms with Crippen LogP contribution in [0.1, 0.15) is 44.1 Å². The quantitative estimate of drug-likeness (QED) is 0.208. The number of aromatic nitrogens is 2. The van der Waals surface area contributed by atoms with E-state index in [-0.39, 0.29) is 18.6 Å². The molecular formula is C29H29N3O4. The summed E-state index contributed by atoms with van der Waals surface area (Å²) in [6, 6.07) is 19.6. The summed E-state index contributed by atoms with van der Waals surface area (Å²) >= 11 is 0. The Morgan fingerprint density at radius 1 is 1.03 bits per heavy atom. The van der Waals surface area contributed by atoms with Crippen LogP contribution in [0.5, 0.6) is 0 Å². The lowest BCUT2D eigenvalue weighted by Gasteiger charge is -2.15. The molecule has 0 aliphatic heterocycles. The first-order valence-corrected chi connectivity index (χ1v) is 12.4. The van der Waals surface area contributed by atoms with Crippen molar-refractivity contribution in [2.45, 2.75) is 44.6 Å². The number of fused-ring (bicyclic) bond motifs is 1. The van der Waals surface area contributed by atoms with E-state index in [1.54, 1.807) is 10.8 Å². The van der Waals surface area contributed by atoms with Gasteiger partial charge in [-0.25, -0.2) is 9.48 Å². The molecule has 5 rings (SSSR count). The predicted molar refractivity (Wildman–Crippen MR) is 138 cm³/mol. The standard InChI is InChI=1S/C29H29N3O4/c33-27(30-23-11-4-1-2-5-12-23)20-35-28(34)17-16-22-19-32(24-13-6-3-7-14-24)31-29(22)26-18-21-10-8-9-15-25(21)36-26/h3,6-10,13-19,23H,1-2,4-5,11-12,20H2,(H,30,33). The number of nitrogens with one attached hydrogen (secondary N) is 1. The Balaban J connectivity index is 1.30. The summed E-state index contributed by atoms with van der Waals surface area (Å²) in [4.78, 5) is 24.6. The Bertz CT molecular complexity index is 1330. The summed E-state index contributed by atoms with van der Waals surface area (Å²) in [5, 5.41) is 8.68. The number of benzene rings is 2. The lowest BCUT2D eigenvalue weighted by molar-refractivity contribution is -0.144. The molecule has 4 aromatic rings. The summed E-state index contributed by atoms with van der Waals surface area (Å²) in [6.07, 6.45) is 11.4. The van der Waals surface area contributed by atoms with Crippen LogP contribution in [0.2, 0.25) is 0 Å². The third-order valence-corrected chi connectivity index (χ3v) is 6.39. The molecule has 0 unspecified atom stereocenters. The molecule has 0 radical (unpaired) electrons. The molecule has 36 heavy (non-hydrogen) atoms. The van der Waals surface area contributed by atoms with Crippen LogP contribution in [0.4, 0.5) is 0 Å². The Labute approximate surface area is 209 Å². The number of esters is 1. The Morgan fingerprint density at radius 2 is 1.78 bits per heavy atom. The Hall–Kier alpha value is -4.13. The minimum Gasteiger partial charge on any atom is -0.454 e. The minimum atomic E-state index is -0.589. The highest BCUT2D eigenvalue weighted by Crippen LogP contribution is 2.30. The van der Waals surface area contributed by atoms with Crippen LogP contribution in [0.3, 0.4) is 0 Å². The van der Waals surface area contributed by atoms with Crippen molar-refractivity contribution in [2.24, 2.45) is 0 Å². The molecule has 1 saturated carbocycles. The topological polar surface area (TPSA) is 86.4 Å². The molecule has 1 fully saturated rings. The number of rotatable bonds is 7. The fourth-order valence-corrected chi connectivity index (χ4v) is 4.55. The Morgan fingerprint density at radius 3 is 2.56 bits per heavy atom. The molecule has 0 atom stereocenters. The summed E-state index contributed by atoms with van der Waals surface area (Å²) in [6.45, 7) is -0.292.